The van der Waals surface area contributed by atoms with Crippen molar-refractivity contribution >= 4 is 5.95 Å². The van der Waals surface area contributed by atoms with E-state index in [2.05, 4.69) is 22.0 Å². The number of nitrogens with zero attached hydrogens (tertiary/aromatic N) is 5. The van der Waals surface area contributed by atoms with Crippen molar-refractivity contribution in [1.82, 2.24) is 19.7 Å². The van der Waals surface area contributed by atoms with Crippen LogP contribution in [0.1, 0.15) is 18.2 Å². The van der Waals surface area contributed by atoms with Crippen LogP contribution in [-0.2, 0) is 13.1 Å². The topological polar surface area (TPSA) is 65.3 Å². The average molecular weight is 291 g/mol. The quantitative estimate of drug-likeness (QED) is 0.806. The van der Waals surface area contributed by atoms with E-state index in [-0.39, 0.29) is 0 Å². The van der Waals surface area contributed by atoms with Crippen molar-refractivity contribution in [2.24, 2.45) is 0 Å². The molecule has 114 valence electrons. The van der Waals surface area contributed by atoms with Gasteiger partial charge >= 0.3 is 0 Å². The van der Waals surface area contributed by atoms with E-state index in [0.717, 1.165) is 17.8 Å². The minimum atomic E-state index is 0.477. The molecular formula is C14H21N5O2. The highest BCUT2D eigenvalue weighted by atomic mass is 16.5. The van der Waals surface area contributed by atoms with Crippen molar-refractivity contribution in [3.8, 4) is 11.8 Å². The van der Waals surface area contributed by atoms with Crippen LogP contribution < -0.4 is 14.4 Å². The van der Waals surface area contributed by atoms with Gasteiger partial charge in [-0.05, 0) is 13.8 Å². The first kappa shape index (κ1) is 15.1. The summed E-state index contributed by atoms with van der Waals surface area (Å²) in [6, 6.07) is 1.65. The van der Waals surface area contributed by atoms with E-state index in [1.807, 2.05) is 29.7 Å². The van der Waals surface area contributed by atoms with Gasteiger partial charge in [0.2, 0.25) is 17.7 Å². The molecule has 0 aliphatic rings. The molecule has 0 bridgehead atoms. The molecule has 0 saturated heterocycles. The third-order valence-electron chi connectivity index (χ3n) is 3.21. The summed E-state index contributed by atoms with van der Waals surface area (Å²) >= 11 is 0. The van der Waals surface area contributed by atoms with Crippen molar-refractivity contribution < 1.29 is 9.47 Å². The Morgan fingerprint density at radius 3 is 2.29 bits per heavy atom. The molecule has 7 heteroatoms. The monoisotopic (exact) mass is 291 g/mol. The highest BCUT2D eigenvalue weighted by molar-refractivity contribution is 5.37. The smallest absolute Gasteiger partial charge is 0.232 e. The van der Waals surface area contributed by atoms with Gasteiger partial charge in [0.25, 0.3) is 0 Å². The Morgan fingerprint density at radius 2 is 1.81 bits per heavy atom. The van der Waals surface area contributed by atoms with Crippen LogP contribution in [0.4, 0.5) is 5.95 Å². The van der Waals surface area contributed by atoms with E-state index in [1.54, 1.807) is 20.3 Å². The maximum absolute atomic E-state index is 5.17. The van der Waals surface area contributed by atoms with Crippen LogP contribution in [0.25, 0.3) is 0 Å². The number of aromatic nitrogens is 4. The second kappa shape index (κ2) is 6.43. The van der Waals surface area contributed by atoms with E-state index in [4.69, 9.17) is 9.47 Å². The Bertz CT molecular complexity index is 589. The Hall–Kier alpha value is -2.31. The largest absolute Gasteiger partial charge is 0.481 e. The summed E-state index contributed by atoms with van der Waals surface area (Å²) in [7, 11) is 5.07. The molecule has 0 aliphatic carbocycles. The van der Waals surface area contributed by atoms with Gasteiger partial charge in [0, 0.05) is 31.9 Å². The predicted octanol–water partition coefficient (Wildman–Crippen LogP) is 1.66. The van der Waals surface area contributed by atoms with Gasteiger partial charge in [0.1, 0.15) is 0 Å². The Kier molecular flexibility index (Phi) is 4.62. The molecule has 0 aromatic carbocycles. The van der Waals surface area contributed by atoms with E-state index >= 15 is 0 Å². The van der Waals surface area contributed by atoms with Crippen molar-refractivity contribution in [3.05, 3.63) is 23.5 Å². The predicted molar refractivity (Wildman–Crippen MR) is 79.9 cm³/mol. The highest BCUT2D eigenvalue weighted by Crippen LogP contribution is 2.21. The minimum Gasteiger partial charge on any atom is -0.481 e. The lowest BCUT2D eigenvalue weighted by atomic mass is 10.2. The summed E-state index contributed by atoms with van der Waals surface area (Å²) in [6.07, 6.45) is 2.04. The van der Waals surface area contributed by atoms with E-state index in [9.17, 15) is 0 Å². The molecule has 2 aromatic rings. The first-order valence-corrected chi connectivity index (χ1v) is 6.78. The van der Waals surface area contributed by atoms with Gasteiger partial charge < -0.3 is 14.4 Å². The van der Waals surface area contributed by atoms with Crippen LogP contribution in [0, 0.1) is 6.92 Å². The van der Waals surface area contributed by atoms with Crippen LogP contribution in [0.15, 0.2) is 12.3 Å². The van der Waals surface area contributed by atoms with Crippen molar-refractivity contribution in [2.75, 3.05) is 26.2 Å². The number of aryl methyl sites for hydroxylation is 2. The second-order valence-electron chi connectivity index (χ2n) is 4.70. The molecule has 0 saturated carbocycles. The molecule has 0 radical (unpaired) electrons. The summed E-state index contributed by atoms with van der Waals surface area (Å²) in [5, 5.41) is 4.44. The van der Waals surface area contributed by atoms with Gasteiger partial charge in [0.15, 0.2) is 0 Å². The van der Waals surface area contributed by atoms with Gasteiger partial charge in [-0.1, -0.05) is 0 Å². The fraction of sp³-hybridized carbons (Fsp3) is 0.500. The van der Waals surface area contributed by atoms with E-state index in [1.165, 1.54) is 0 Å². The summed E-state index contributed by atoms with van der Waals surface area (Å²) in [5.41, 5.74) is 2.16. The number of anilines is 1. The summed E-state index contributed by atoms with van der Waals surface area (Å²) in [4.78, 5) is 10.6. The fourth-order valence-electron chi connectivity index (χ4n) is 1.97. The third kappa shape index (κ3) is 3.42. The zero-order chi connectivity index (χ0) is 15.4. The van der Waals surface area contributed by atoms with E-state index in [0.29, 0.717) is 24.3 Å². The minimum absolute atomic E-state index is 0.477. The first-order valence-electron chi connectivity index (χ1n) is 6.78. The van der Waals surface area contributed by atoms with Gasteiger partial charge in [0.05, 0.1) is 26.0 Å². The molecule has 0 unspecified atom stereocenters. The summed E-state index contributed by atoms with van der Waals surface area (Å²) in [6.45, 7) is 5.59. The molecule has 0 spiro atoms. The molecular weight excluding hydrogens is 270 g/mol. The van der Waals surface area contributed by atoms with Gasteiger partial charge in [-0.25, -0.2) is 0 Å². The molecule has 0 aliphatic heterocycles. The maximum Gasteiger partial charge on any atom is 0.232 e. The lowest BCUT2D eigenvalue weighted by Crippen LogP contribution is -2.19. The zero-order valence-electron chi connectivity index (χ0n) is 13.1. The third-order valence-corrected chi connectivity index (χ3v) is 3.21. The van der Waals surface area contributed by atoms with Crippen molar-refractivity contribution in [3.63, 3.8) is 0 Å². The van der Waals surface area contributed by atoms with Crippen molar-refractivity contribution in [1.29, 1.82) is 0 Å². The Balaban J connectivity index is 2.22. The van der Waals surface area contributed by atoms with Crippen LogP contribution in [-0.4, -0.2) is 41.0 Å². The molecule has 0 N–H and O–H groups in total. The lowest BCUT2D eigenvalue weighted by molar-refractivity contribution is 0.371. The van der Waals surface area contributed by atoms with Gasteiger partial charge in [-0.15, -0.1) is 0 Å². The second-order valence-corrected chi connectivity index (χ2v) is 4.70. The van der Waals surface area contributed by atoms with E-state index < -0.39 is 0 Å². The lowest BCUT2D eigenvalue weighted by Gasteiger charge is -2.17. The molecule has 2 rings (SSSR count). The summed E-state index contributed by atoms with van der Waals surface area (Å²) < 4.78 is 12.3. The Labute approximate surface area is 124 Å². The summed E-state index contributed by atoms with van der Waals surface area (Å²) in [5.74, 6) is 1.50. The SMILES string of the molecule is CCn1cc(CN(C)c2nc(OC)cc(OC)n2)c(C)n1. The number of methoxy groups -OCH3 is 2. The first-order chi connectivity index (χ1) is 10.1. The number of hydrogen-bond donors (Lipinski definition) is 0. The molecule has 0 fully saturated rings. The molecule has 21 heavy (non-hydrogen) atoms. The number of rotatable bonds is 6. The normalized spacial score (nSPS) is 10.5. The van der Waals surface area contributed by atoms with Crippen LogP contribution in [0.3, 0.4) is 0 Å². The Morgan fingerprint density at radius 1 is 1.19 bits per heavy atom. The maximum atomic E-state index is 5.17. The standard InChI is InChI=1S/C14H21N5O2/c1-6-19-9-11(10(2)17-19)8-18(3)14-15-12(20-4)7-13(16-14)21-5/h7,9H,6,8H2,1-5H3. The van der Waals surface area contributed by atoms with Crippen LogP contribution in [0.5, 0.6) is 11.8 Å². The molecule has 0 amide bonds. The molecule has 2 aromatic heterocycles. The zero-order valence-corrected chi connectivity index (χ0v) is 13.1. The molecule has 2 heterocycles. The van der Waals surface area contributed by atoms with Crippen LogP contribution in [0.2, 0.25) is 0 Å². The molecule has 7 nitrogen and oxygen atoms in total. The van der Waals surface area contributed by atoms with Gasteiger partial charge in [-0.3, -0.25) is 4.68 Å². The fourth-order valence-corrected chi connectivity index (χ4v) is 1.97. The van der Waals surface area contributed by atoms with Crippen LogP contribution >= 0.6 is 0 Å². The highest BCUT2D eigenvalue weighted by Gasteiger charge is 2.13. The molecule has 0 atom stereocenters. The number of ether oxygens (including phenoxy) is 2. The van der Waals surface area contributed by atoms with Crippen molar-refractivity contribution in [2.45, 2.75) is 26.9 Å². The average Bonchev–Trinajstić information content (AvgIpc) is 2.86. The number of hydrogen-bond acceptors (Lipinski definition) is 6. The van der Waals surface area contributed by atoms with Gasteiger partial charge in [-0.2, -0.15) is 15.1 Å².